The molecule has 90 valence electrons. The summed E-state index contributed by atoms with van der Waals surface area (Å²) in [5, 5.41) is 4.04. The fourth-order valence-electron chi connectivity index (χ4n) is 1.48. The molecule has 7 heteroatoms. The Hall–Kier alpha value is -1.69. The average molecular weight is 260 g/mol. The maximum absolute atomic E-state index is 12.6. The van der Waals surface area contributed by atoms with Crippen molar-refractivity contribution in [3.8, 4) is 5.69 Å². The van der Waals surface area contributed by atoms with E-state index in [9.17, 15) is 13.6 Å². The zero-order chi connectivity index (χ0) is 12.6. The first-order valence-corrected chi connectivity index (χ1v) is 5.11. The van der Waals surface area contributed by atoms with E-state index in [1.165, 1.54) is 13.0 Å². The number of para-hydroxylation sites is 1. The van der Waals surface area contributed by atoms with Gasteiger partial charge in [0, 0.05) is 0 Å². The summed E-state index contributed by atoms with van der Waals surface area (Å²) in [6, 6.07) is 6.41. The zero-order valence-electron chi connectivity index (χ0n) is 8.77. The van der Waals surface area contributed by atoms with Crippen LogP contribution in [0.2, 0.25) is 5.02 Å². The summed E-state index contributed by atoms with van der Waals surface area (Å²) >= 11 is 5.88. The van der Waals surface area contributed by atoms with Crippen molar-refractivity contribution in [2.45, 2.75) is 13.5 Å². The van der Waals surface area contributed by atoms with Gasteiger partial charge in [0.15, 0.2) is 0 Å². The molecule has 0 bridgehead atoms. The Morgan fingerprint density at radius 1 is 1.35 bits per heavy atom. The number of halogens is 3. The van der Waals surface area contributed by atoms with Gasteiger partial charge < -0.3 is 0 Å². The molecule has 0 fully saturated rings. The predicted octanol–water partition coefficient (Wildman–Crippen LogP) is 2.39. The number of hydrogen-bond acceptors (Lipinski definition) is 2. The van der Waals surface area contributed by atoms with Crippen molar-refractivity contribution < 1.29 is 8.78 Å². The van der Waals surface area contributed by atoms with Gasteiger partial charge in [-0.1, -0.05) is 23.7 Å². The summed E-state index contributed by atoms with van der Waals surface area (Å²) in [6.45, 7) is -1.58. The normalized spacial score (nSPS) is 11.1. The summed E-state index contributed by atoms with van der Waals surface area (Å²) < 4.78 is 26.4. The van der Waals surface area contributed by atoms with Gasteiger partial charge in [-0.05, 0) is 19.1 Å². The molecule has 0 spiro atoms. The molecular formula is C10H8ClF2N3O. The van der Waals surface area contributed by atoms with Gasteiger partial charge in [-0.25, -0.2) is 9.36 Å². The third-order valence-electron chi connectivity index (χ3n) is 2.26. The molecule has 0 radical (unpaired) electrons. The van der Waals surface area contributed by atoms with Crippen LogP contribution < -0.4 is 5.69 Å². The van der Waals surface area contributed by atoms with Crippen LogP contribution in [0.4, 0.5) is 8.78 Å². The molecule has 0 N–H and O–H groups in total. The maximum atomic E-state index is 12.6. The van der Waals surface area contributed by atoms with Gasteiger partial charge in [0.1, 0.15) is 5.82 Å². The molecule has 0 saturated carbocycles. The fourth-order valence-corrected chi connectivity index (χ4v) is 1.70. The number of nitrogens with zero attached hydrogens (tertiary/aromatic N) is 3. The summed E-state index contributed by atoms with van der Waals surface area (Å²) in [5.74, 6) is -0.0649. The predicted molar refractivity (Wildman–Crippen MR) is 58.8 cm³/mol. The van der Waals surface area contributed by atoms with E-state index in [0.29, 0.717) is 4.57 Å². The van der Waals surface area contributed by atoms with Crippen molar-refractivity contribution in [2.24, 2.45) is 0 Å². The van der Waals surface area contributed by atoms with Gasteiger partial charge in [0.05, 0.1) is 10.7 Å². The lowest BCUT2D eigenvalue weighted by atomic mass is 10.3. The highest BCUT2D eigenvalue weighted by Gasteiger charge is 2.18. The molecule has 0 amide bonds. The van der Waals surface area contributed by atoms with Gasteiger partial charge in [-0.15, -0.1) is 5.10 Å². The second-order valence-electron chi connectivity index (χ2n) is 3.34. The highest BCUT2D eigenvalue weighted by atomic mass is 35.5. The minimum absolute atomic E-state index is 0.0649. The van der Waals surface area contributed by atoms with Crippen LogP contribution in [0.15, 0.2) is 29.1 Å². The van der Waals surface area contributed by atoms with E-state index in [4.69, 9.17) is 11.6 Å². The Labute approximate surface area is 100 Å². The molecule has 4 nitrogen and oxygen atoms in total. The van der Waals surface area contributed by atoms with Gasteiger partial charge in [0.25, 0.3) is 0 Å². The minimum atomic E-state index is -2.92. The van der Waals surface area contributed by atoms with Crippen LogP contribution in [-0.2, 0) is 0 Å². The molecule has 0 aliphatic heterocycles. The SMILES string of the molecule is Cc1nn(-c2ccccc2Cl)c(=O)n1C(F)F. The van der Waals surface area contributed by atoms with Crippen LogP contribution in [0.25, 0.3) is 5.69 Å². The van der Waals surface area contributed by atoms with Gasteiger partial charge in [-0.3, -0.25) is 0 Å². The topological polar surface area (TPSA) is 39.8 Å². The lowest BCUT2D eigenvalue weighted by Gasteiger charge is -2.01. The van der Waals surface area contributed by atoms with Crippen LogP contribution in [0, 0.1) is 6.92 Å². The van der Waals surface area contributed by atoms with E-state index in [-0.39, 0.29) is 16.5 Å². The van der Waals surface area contributed by atoms with E-state index in [0.717, 1.165) is 4.68 Å². The molecule has 0 aliphatic rings. The summed E-state index contributed by atoms with van der Waals surface area (Å²) in [5.41, 5.74) is -0.632. The van der Waals surface area contributed by atoms with Crippen molar-refractivity contribution in [1.29, 1.82) is 0 Å². The van der Waals surface area contributed by atoms with Gasteiger partial charge in [-0.2, -0.15) is 13.5 Å². The highest BCUT2D eigenvalue weighted by molar-refractivity contribution is 6.32. The van der Waals surface area contributed by atoms with Crippen LogP contribution in [-0.4, -0.2) is 14.3 Å². The third kappa shape index (κ3) is 1.95. The second-order valence-corrected chi connectivity index (χ2v) is 3.75. The lowest BCUT2D eigenvalue weighted by Crippen LogP contribution is -2.24. The molecule has 1 aromatic carbocycles. The van der Waals surface area contributed by atoms with E-state index in [1.54, 1.807) is 18.2 Å². The quantitative estimate of drug-likeness (QED) is 0.831. The van der Waals surface area contributed by atoms with E-state index in [1.807, 2.05) is 0 Å². The number of hydrogen-bond donors (Lipinski definition) is 0. The lowest BCUT2D eigenvalue weighted by molar-refractivity contribution is 0.0640. The molecule has 1 aromatic heterocycles. The van der Waals surface area contributed by atoms with Gasteiger partial charge in [0.2, 0.25) is 0 Å². The molecule has 0 saturated heterocycles. The Balaban J connectivity index is 2.67. The average Bonchev–Trinajstić information content (AvgIpc) is 2.55. The van der Waals surface area contributed by atoms with Crippen molar-refractivity contribution in [3.05, 3.63) is 45.6 Å². The van der Waals surface area contributed by atoms with Crippen LogP contribution >= 0.6 is 11.6 Å². The first-order valence-electron chi connectivity index (χ1n) is 4.73. The summed E-state index contributed by atoms with van der Waals surface area (Å²) in [7, 11) is 0. The Kier molecular flexibility index (Phi) is 2.97. The largest absolute Gasteiger partial charge is 0.355 e. The van der Waals surface area contributed by atoms with Crippen LogP contribution in [0.1, 0.15) is 12.4 Å². The molecule has 2 rings (SSSR count). The summed E-state index contributed by atoms with van der Waals surface area (Å²) in [6.07, 6.45) is 0. The Bertz CT molecular complexity index is 606. The van der Waals surface area contributed by atoms with E-state index in [2.05, 4.69) is 5.10 Å². The number of benzene rings is 1. The molecular weight excluding hydrogens is 252 g/mol. The molecule has 0 unspecified atom stereocenters. The molecule has 0 aliphatic carbocycles. The second kappa shape index (κ2) is 4.29. The van der Waals surface area contributed by atoms with E-state index >= 15 is 0 Å². The van der Waals surface area contributed by atoms with Crippen molar-refractivity contribution in [3.63, 3.8) is 0 Å². The number of alkyl halides is 2. The van der Waals surface area contributed by atoms with E-state index < -0.39 is 12.2 Å². The standard InChI is InChI=1S/C10H8ClF2N3O/c1-6-14-16(10(17)15(6)9(12)13)8-5-3-2-4-7(8)11/h2-5,9H,1H3. The highest BCUT2D eigenvalue weighted by Crippen LogP contribution is 2.18. The van der Waals surface area contributed by atoms with Crippen LogP contribution in [0.5, 0.6) is 0 Å². The Morgan fingerprint density at radius 2 is 2.00 bits per heavy atom. The first-order chi connectivity index (χ1) is 8.02. The Morgan fingerprint density at radius 3 is 2.53 bits per heavy atom. The van der Waals surface area contributed by atoms with Crippen LogP contribution in [0.3, 0.4) is 0 Å². The molecule has 0 atom stereocenters. The molecule has 17 heavy (non-hydrogen) atoms. The minimum Gasteiger partial charge on any atom is -0.245 e. The zero-order valence-corrected chi connectivity index (χ0v) is 9.53. The summed E-state index contributed by atoms with van der Waals surface area (Å²) in [4.78, 5) is 11.7. The fraction of sp³-hybridized carbons (Fsp3) is 0.200. The number of rotatable bonds is 2. The monoisotopic (exact) mass is 259 g/mol. The third-order valence-corrected chi connectivity index (χ3v) is 2.58. The molecule has 1 heterocycles. The first kappa shape index (κ1) is 11.8. The maximum Gasteiger partial charge on any atom is 0.355 e. The van der Waals surface area contributed by atoms with Crippen molar-refractivity contribution >= 4 is 11.6 Å². The van der Waals surface area contributed by atoms with Gasteiger partial charge >= 0.3 is 12.2 Å². The number of aromatic nitrogens is 3. The van der Waals surface area contributed by atoms with Crippen molar-refractivity contribution in [1.82, 2.24) is 14.3 Å². The molecule has 2 aromatic rings. The number of aryl methyl sites for hydroxylation is 1. The smallest absolute Gasteiger partial charge is 0.245 e. The van der Waals surface area contributed by atoms with Crippen molar-refractivity contribution in [2.75, 3.05) is 0 Å².